The first-order valence-corrected chi connectivity index (χ1v) is 12.9. The molecule has 3 aromatic carbocycles. The van der Waals surface area contributed by atoms with E-state index >= 15 is 0 Å². The number of benzene rings is 3. The van der Waals surface area contributed by atoms with E-state index in [1.54, 1.807) is 90.9 Å². The Morgan fingerprint density at radius 1 is 0.853 bits per heavy atom. The van der Waals surface area contributed by atoms with Gasteiger partial charge in [0.25, 0.3) is 5.91 Å². The summed E-state index contributed by atoms with van der Waals surface area (Å²) < 4.78 is 30.3. The lowest BCUT2D eigenvalue weighted by Gasteiger charge is -2.31. The van der Waals surface area contributed by atoms with Crippen LogP contribution in [-0.2, 0) is 15.6 Å². The van der Waals surface area contributed by atoms with E-state index in [9.17, 15) is 18.0 Å². The van der Waals surface area contributed by atoms with E-state index in [1.165, 1.54) is 0 Å². The number of hydrogen-bond donors (Lipinski definition) is 0. The zero-order valence-electron chi connectivity index (χ0n) is 19.0. The van der Waals surface area contributed by atoms with Crippen LogP contribution in [0.3, 0.4) is 0 Å². The van der Waals surface area contributed by atoms with Crippen LogP contribution in [-0.4, -0.2) is 45.2 Å². The van der Waals surface area contributed by atoms with Gasteiger partial charge in [-0.15, -0.1) is 0 Å². The fraction of sp³-hybridized carbons (Fsp3) is 0.259. The molecule has 34 heavy (non-hydrogen) atoms. The molecule has 0 radical (unpaired) electrons. The summed E-state index contributed by atoms with van der Waals surface area (Å²) in [7, 11) is -1.86. The maximum atomic E-state index is 12.9. The Hall–Kier alpha value is -3.45. The molecule has 0 saturated carbocycles. The molecule has 0 spiro atoms. The molecular weight excluding hydrogens is 450 g/mol. The van der Waals surface area contributed by atoms with Crippen molar-refractivity contribution < 1.29 is 22.7 Å². The van der Waals surface area contributed by atoms with Crippen LogP contribution in [0.2, 0.25) is 0 Å². The first-order valence-electron chi connectivity index (χ1n) is 11.2. The van der Waals surface area contributed by atoms with Crippen molar-refractivity contribution in [1.82, 2.24) is 4.90 Å². The second-order valence-electron chi connectivity index (χ2n) is 8.43. The smallest absolute Gasteiger partial charge is 0.253 e. The van der Waals surface area contributed by atoms with Crippen LogP contribution in [0.5, 0.6) is 5.75 Å². The predicted molar refractivity (Wildman–Crippen MR) is 130 cm³/mol. The van der Waals surface area contributed by atoms with Crippen LogP contribution in [0.4, 0.5) is 0 Å². The minimum absolute atomic E-state index is 0.0960. The lowest BCUT2D eigenvalue weighted by Crippen LogP contribution is -2.40. The van der Waals surface area contributed by atoms with Crippen molar-refractivity contribution in [2.75, 3.05) is 20.2 Å². The lowest BCUT2D eigenvalue weighted by atomic mass is 9.88. The maximum absolute atomic E-state index is 12.9. The minimum atomic E-state index is -3.44. The normalized spacial score (nSPS) is 14.6. The molecular formula is C27H27NO5S. The highest BCUT2D eigenvalue weighted by molar-refractivity contribution is 7.90. The first kappa shape index (κ1) is 23.7. The molecule has 1 aliphatic rings. The second kappa shape index (κ2) is 10.2. The molecule has 1 aliphatic heterocycles. The molecule has 0 atom stereocenters. The van der Waals surface area contributed by atoms with Gasteiger partial charge in [0.1, 0.15) is 5.75 Å². The summed E-state index contributed by atoms with van der Waals surface area (Å²) in [5, 5.41) is 0. The predicted octanol–water partition coefficient (Wildman–Crippen LogP) is 4.40. The highest BCUT2D eigenvalue weighted by Gasteiger charge is 2.28. The summed E-state index contributed by atoms with van der Waals surface area (Å²) >= 11 is 0. The number of rotatable bonds is 7. The van der Waals surface area contributed by atoms with Crippen molar-refractivity contribution in [2.45, 2.75) is 23.5 Å². The summed E-state index contributed by atoms with van der Waals surface area (Å²) in [5.41, 5.74) is 1.80. The Morgan fingerprint density at radius 2 is 1.44 bits per heavy atom. The zero-order valence-corrected chi connectivity index (χ0v) is 19.8. The standard InChI is InChI=1S/C27H27NO5S/c1-33-24-13-11-21(12-14-24)26(29)22-15-17-28(18-16-22)27(30)23-9-7-20(8-10-23)19-34(31,32)25-5-3-2-4-6-25/h2-14,22H,15-19H2,1H3. The molecule has 1 fully saturated rings. The van der Waals surface area contributed by atoms with Gasteiger partial charge in [0, 0.05) is 30.1 Å². The molecule has 4 rings (SSSR count). The molecule has 176 valence electrons. The number of amides is 1. The molecule has 3 aromatic rings. The third-order valence-corrected chi connectivity index (χ3v) is 7.89. The molecule has 1 saturated heterocycles. The molecule has 1 amide bonds. The number of ether oxygens (including phenoxy) is 1. The molecule has 0 aliphatic carbocycles. The number of nitrogens with zero attached hydrogens (tertiary/aromatic N) is 1. The van der Waals surface area contributed by atoms with Gasteiger partial charge in [0.05, 0.1) is 17.8 Å². The molecule has 1 heterocycles. The van der Waals surface area contributed by atoms with Crippen LogP contribution < -0.4 is 4.74 Å². The molecule has 0 N–H and O–H groups in total. The Bertz CT molecular complexity index is 1240. The number of carbonyl (C=O) groups is 2. The number of ketones is 1. The molecule has 0 unspecified atom stereocenters. The minimum Gasteiger partial charge on any atom is -0.497 e. The van der Waals surface area contributed by atoms with Crippen molar-refractivity contribution in [3.8, 4) is 5.75 Å². The SMILES string of the molecule is COc1ccc(C(=O)C2CCN(C(=O)c3ccc(CS(=O)(=O)c4ccccc4)cc3)CC2)cc1. The van der Waals surface area contributed by atoms with Crippen molar-refractivity contribution in [3.05, 3.63) is 95.6 Å². The highest BCUT2D eigenvalue weighted by Crippen LogP contribution is 2.24. The van der Waals surface area contributed by atoms with Gasteiger partial charge in [-0.2, -0.15) is 0 Å². The third-order valence-electron chi connectivity index (χ3n) is 6.19. The molecule has 6 nitrogen and oxygen atoms in total. The van der Waals surface area contributed by atoms with Gasteiger partial charge in [0.2, 0.25) is 0 Å². The van der Waals surface area contributed by atoms with Crippen LogP contribution in [0, 0.1) is 5.92 Å². The molecule has 7 heteroatoms. The van der Waals surface area contributed by atoms with E-state index in [0.717, 1.165) is 0 Å². The zero-order chi connectivity index (χ0) is 24.1. The van der Waals surface area contributed by atoms with E-state index in [-0.39, 0.29) is 28.3 Å². The van der Waals surface area contributed by atoms with Gasteiger partial charge in [-0.05, 0) is 66.9 Å². The summed E-state index contributed by atoms with van der Waals surface area (Å²) in [5.74, 6) is 0.472. The van der Waals surface area contributed by atoms with E-state index in [1.807, 2.05) is 0 Å². The van der Waals surface area contributed by atoms with Crippen LogP contribution >= 0.6 is 0 Å². The summed E-state index contributed by atoms with van der Waals surface area (Å²) in [6.07, 6.45) is 1.23. The number of likely N-dealkylation sites (tertiary alicyclic amines) is 1. The summed E-state index contributed by atoms with van der Waals surface area (Å²) in [6, 6.07) is 22.2. The van der Waals surface area contributed by atoms with Gasteiger partial charge in [-0.3, -0.25) is 9.59 Å². The largest absolute Gasteiger partial charge is 0.497 e. The van der Waals surface area contributed by atoms with Crippen molar-refractivity contribution >= 4 is 21.5 Å². The van der Waals surface area contributed by atoms with Crippen LogP contribution in [0.15, 0.2) is 83.8 Å². The van der Waals surface area contributed by atoms with Crippen molar-refractivity contribution in [2.24, 2.45) is 5.92 Å². The summed E-state index contributed by atoms with van der Waals surface area (Å²) in [6.45, 7) is 1.02. The van der Waals surface area contributed by atoms with Crippen molar-refractivity contribution in [3.63, 3.8) is 0 Å². The topological polar surface area (TPSA) is 80.8 Å². The van der Waals surface area contributed by atoms with E-state index < -0.39 is 9.84 Å². The monoisotopic (exact) mass is 477 g/mol. The summed E-state index contributed by atoms with van der Waals surface area (Å²) in [4.78, 5) is 27.8. The Labute approximate surface area is 200 Å². The number of carbonyl (C=O) groups excluding carboxylic acids is 2. The molecule has 0 bridgehead atoms. The number of sulfone groups is 1. The van der Waals surface area contributed by atoms with Crippen molar-refractivity contribution in [1.29, 1.82) is 0 Å². The van der Waals surface area contributed by atoms with E-state index in [2.05, 4.69) is 0 Å². The van der Waals surface area contributed by atoms with Gasteiger partial charge >= 0.3 is 0 Å². The highest BCUT2D eigenvalue weighted by atomic mass is 32.2. The Morgan fingerprint density at radius 3 is 2.03 bits per heavy atom. The quantitative estimate of drug-likeness (QED) is 0.471. The van der Waals surface area contributed by atoms with Gasteiger partial charge in [-0.25, -0.2) is 8.42 Å². The number of hydrogen-bond acceptors (Lipinski definition) is 5. The number of Topliss-reactive ketones (excluding diaryl/α,β-unsaturated/α-hetero) is 1. The second-order valence-corrected chi connectivity index (χ2v) is 10.4. The van der Waals surface area contributed by atoms with Gasteiger partial charge in [-0.1, -0.05) is 30.3 Å². The number of methoxy groups -OCH3 is 1. The third kappa shape index (κ3) is 5.37. The average Bonchev–Trinajstić information content (AvgIpc) is 2.89. The van der Waals surface area contributed by atoms with Gasteiger partial charge < -0.3 is 9.64 Å². The van der Waals surface area contributed by atoms with Crippen LogP contribution in [0.25, 0.3) is 0 Å². The first-order chi connectivity index (χ1) is 16.4. The molecule has 0 aromatic heterocycles. The van der Waals surface area contributed by atoms with E-state index in [0.29, 0.717) is 48.4 Å². The van der Waals surface area contributed by atoms with E-state index in [4.69, 9.17) is 4.74 Å². The average molecular weight is 478 g/mol. The lowest BCUT2D eigenvalue weighted by molar-refractivity contribution is 0.0650. The van der Waals surface area contributed by atoms with Crippen LogP contribution in [0.1, 0.15) is 39.1 Å². The Balaban J connectivity index is 1.34. The fourth-order valence-electron chi connectivity index (χ4n) is 4.19. The maximum Gasteiger partial charge on any atom is 0.253 e. The Kier molecular flexibility index (Phi) is 7.12. The fourth-order valence-corrected chi connectivity index (χ4v) is 5.56. The number of piperidine rings is 1. The van der Waals surface area contributed by atoms with Gasteiger partial charge in [0.15, 0.2) is 15.6 Å².